The summed E-state index contributed by atoms with van der Waals surface area (Å²) >= 11 is 0. The van der Waals surface area contributed by atoms with Gasteiger partial charge in [-0.25, -0.2) is 4.79 Å². The van der Waals surface area contributed by atoms with Gasteiger partial charge in [0.2, 0.25) is 0 Å². The summed E-state index contributed by atoms with van der Waals surface area (Å²) in [4.78, 5) is 11.2. The minimum Gasteiger partial charge on any atom is -0.478 e. The molecule has 0 radical (unpaired) electrons. The van der Waals surface area contributed by atoms with Crippen LogP contribution in [0.1, 0.15) is 29.2 Å². The van der Waals surface area contributed by atoms with Crippen molar-refractivity contribution in [3.05, 3.63) is 54.4 Å². The number of aromatic nitrogens is 2. The summed E-state index contributed by atoms with van der Waals surface area (Å²) in [6.45, 7) is 1.57. The van der Waals surface area contributed by atoms with Gasteiger partial charge in [-0.05, 0) is 41.3 Å². The second-order valence-corrected chi connectivity index (χ2v) is 6.10. The first-order chi connectivity index (χ1) is 11.7. The van der Waals surface area contributed by atoms with Crippen LogP contribution in [0.4, 0.5) is 0 Å². The van der Waals surface area contributed by atoms with E-state index in [1.165, 1.54) is 0 Å². The molecule has 1 saturated heterocycles. The van der Waals surface area contributed by atoms with E-state index in [2.05, 4.69) is 11.3 Å². The second kappa shape index (κ2) is 6.09. The molecule has 2 heterocycles. The lowest BCUT2D eigenvalue weighted by molar-refractivity contribution is 0.0662. The lowest BCUT2D eigenvalue weighted by Gasteiger charge is -2.22. The smallest absolute Gasteiger partial charge is 0.335 e. The van der Waals surface area contributed by atoms with Gasteiger partial charge in [0.15, 0.2) is 0 Å². The molecule has 4 rings (SSSR count). The Morgan fingerprint density at radius 1 is 1.21 bits per heavy atom. The monoisotopic (exact) mass is 322 g/mol. The molecule has 1 fully saturated rings. The highest BCUT2D eigenvalue weighted by molar-refractivity contribution is 6.00. The van der Waals surface area contributed by atoms with Crippen LogP contribution in [-0.4, -0.2) is 34.1 Å². The van der Waals surface area contributed by atoms with Gasteiger partial charge in [0.25, 0.3) is 0 Å². The quantitative estimate of drug-likeness (QED) is 0.797. The molecule has 0 saturated carbocycles. The third-order valence-electron chi connectivity index (χ3n) is 4.60. The van der Waals surface area contributed by atoms with Crippen molar-refractivity contribution >= 4 is 16.7 Å². The van der Waals surface area contributed by atoms with Crippen LogP contribution in [0.15, 0.2) is 48.8 Å². The van der Waals surface area contributed by atoms with Gasteiger partial charge in [0.05, 0.1) is 17.8 Å². The highest BCUT2D eigenvalue weighted by Gasteiger charge is 2.17. The fraction of sp³-hybridized carbons (Fsp3) is 0.263. The molecular formula is C19H18N2O3. The molecule has 0 bridgehead atoms. The van der Waals surface area contributed by atoms with Crippen LogP contribution in [-0.2, 0) is 4.74 Å². The van der Waals surface area contributed by atoms with Crippen molar-refractivity contribution in [1.82, 2.24) is 9.78 Å². The Morgan fingerprint density at radius 2 is 2.04 bits per heavy atom. The standard InChI is InChI=1S/C19H18N2O3/c22-19(23)14-4-5-18-13(10-14)2-1-3-17(18)15-11-20-21(12-15)16-6-8-24-9-7-16/h1-5,10-12,16H,6-9H2,(H,22,23). The van der Waals surface area contributed by atoms with E-state index >= 15 is 0 Å². The number of nitrogens with zero attached hydrogens (tertiary/aromatic N) is 2. The van der Waals surface area contributed by atoms with Crippen LogP contribution in [0, 0.1) is 0 Å². The predicted octanol–water partition coefficient (Wildman–Crippen LogP) is 3.75. The van der Waals surface area contributed by atoms with Crippen molar-refractivity contribution in [2.24, 2.45) is 0 Å². The van der Waals surface area contributed by atoms with Gasteiger partial charge in [-0.3, -0.25) is 4.68 Å². The Labute approximate surface area is 139 Å². The Kier molecular flexibility index (Phi) is 3.78. The molecule has 1 N–H and O–H groups in total. The average Bonchev–Trinajstić information content (AvgIpc) is 3.11. The summed E-state index contributed by atoms with van der Waals surface area (Å²) in [5.74, 6) is -0.908. The largest absolute Gasteiger partial charge is 0.478 e. The normalized spacial score (nSPS) is 15.7. The number of carboxylic acids is 1. The zero-order valence-corrected chi connectivity index (χ0v) is 13.2. The first-order valence-corrected chi connectivity index (χ1v) is 8.11. The van der Waals surface area contributed by atoms with Crippen LogP contribution < -0.4 is 0 Å². The van der Waals surface area contributed by atoms with Gasteiger partial charge in [-0.1, -0.05) is 24.3 Å². The summed E-state index contributed by atoms with van der Waals surface area (Å²) in [5.41, 5.74) is 2.43. The molecule has 24 heavy (non-hydrogen) atoms. The van der Waals surface area contributed by atoms with Crippen molar-refractivity contribution in [1.29, 1.82) is 0 Å². The summed E-state index contributed by atoms with van der Waals surface area (Å²) < 4.78 is 7.44. The van der Waals surface area contributed by atoms with E-state index < -0.39 is 5.97 Å². The molecule has 3 aromatic rings. The minimum atomic E-state index is -0.908. The molecule has 0 amide bonds. The minimum absolute atomic E-state index is 0.303. The predicted molar refractivity (Wildman–Crippen MR) is 91.2 cm³/mol. The van der Waals surface area contributed by atoms with E-state index in [0.29, 0.717) is 11.6 Å². The summed E-state index contributed by atoms with van der Waals surface area (Å²) in [7, 11) is 0. The number of carboxylic acid groups (broad SMARTS) is 1. The summed E-state index contributed by atoms with van der Waals surface area (Å²) in [6, 6.07) is 11.6. The molecule has 0 atom stereocenters. The number of carbonyl (C=O) groups is 1. The number of aromatic carboxylic acids is 1. The maximum atomic E-state index is 11.2. The molecular weight excluding hydrogens is 304 g/mol. The number of ether oxygens (including phenoxy) is 1. The Bertz CT molecular complexity index is 895. The fourth-order valence-electron chi connectivity index (χ4n) is 3.29. The van der Waals surface area contributed by atoms with E-state index in [1.807, 2.05) is 35.1 Å². The topological polar surface area (TPSA) is 64.3 Å². The zero-order valence-electron chi connectivity index (χ0n) is 13.2. The van der Waals surface area contributed by atoms with Crippen LogP contribution in [0.2, 0.25) is 0 Å². The van der Waals surface area contributed by atoms with Crippen LogP contribution in [0.25, 0.3) is 21.9 Å². The second-order valence-electron chi connectivity index (χ2n) is 6.10. The third kappa shape index (κ3) is 2.67. The van der Waals surface area contributed by atoms with Gasteiger partial charge < -0.3 is 9.84 Å². The number of hydrogen-bond acceptors (Lipinski definition) is 3. The average molecular weight is 322 g/mol. The van der Waals surface area contributed by atoms with Crippen molar-refractivity contribution in [2.75, 3.05) is 13.2 Å². The molecule has 122 valence electrons. The molecule has 0 spiro atoms. The highest BCUT2D eigenvalue weighted by Crippen LogP contribution is 2.30. The first-order valence-electron chi connectivity index (χ1n) is 8.11. The van der Waals surface area contributed by atoms with E-state index in [1.54, 1.807) is 12.1 Å². The molecule has 1 aliphatic heterocycles. The number of hydrogen-bond donors (Lipinski definition) is 1. The van der Waals surface area contributed by atoms with Crippen LogP contribution in [0.5, 0.6) is 0 Å². The third-order valence-corrected chi connectivity index (χ3v) is 4.60. The number of benzene rings is 2. The summed E-state index contributed by atoms with van der Waals surface area (Å²) in [5, 5.41) is 15.6. The van der Waals surface area contributed by atoms with Crippen LogP contribution >= 0.6 is 0 Å². The molecule has 0 unspecified atom stereocenters. The Balaban J connectivity index is 1.73. The van der Waals surface area contributed by atoms with E-state index in [0.717, 1.165) is 48.0 Å². The maximum absolute atomic E-state index is 11.2. The van der Waals surface area contributed by atoms with E-state index in [4.69, 9.17) is 9.84 Å². The number of rotatable bonds is 3. The maximum Gasteiger partial charge on any atom is 0.335 e. The molecule has 5 heteroatoms. The van der Waals surface area contributed by atoms with Crippen molar-refractivity contribution in [3.63, 3.8) is 0 Å². The zero-order chi connectivity index (χ0) is 16.5. The van der Waals surface area contributed by atoms with Gasteiger partial charge in [0.1, 0.15) is 0 Å². The van der Waals surface area contributed by atoms with Crippen molar-refractivity contribution in [2.45, 2.75) is 18.9 Å². The lowest BCUT2D eigenvalue weighted by Crippen LogP contribution is -2.19. The van der Waals surface area contributed by atoms with Gasteiger partial charge in [-0.2, -0.15) is 5.10 Å². The van der Waals surface area contributed by atoms with Crippen molar-refractivity contribution < 1.29 is 14.6 Å². The summed E-state index contributed by atoms with van der Waals surface area (Å²) in [6.07, 6.45) is 5.93. The first kappa shape index (κ1) is 14.9. The molecule has 0 aliphatic carbocycles. The van der Waals surface area contributed by atoms with E-state index in [9.17, 15) is 4.79 Å². The molecule has 1 aliphatic rings. The molecule has 2 aromatic carbocycles. The van der Waals surface area contributed by atoms with Gasteiger partial charge in [-0.15, -0.1) is 0 Å². The highest BCUT2D eigenvalue weighted by atomic mass is 16.5. The Hall–Kier alpha value is -2.66. The molecule has 5 nitrogen and oxygen atoms in total. The van der Waals surface area contributed by atoms with Gasteiger partial charge >= 0.3 is 5.97 Å². The van der Waals surface area contributed by atoms with Crippen molar-refractivity contribution in [3.8, 4) is 11.1 Å². The fourth-order valence-corrected chi connectivity index (χ4v) is 3.29. The Morgan fingerprint density at radius 3 is 2.83 bits per heavy atom. The van der Waals surface area contributed by atoms with E-state index in [-0.39, 0.29) is 0 Å². The van der Waals surface area contributed by atoms with Gasteiger partial charge in [0, 0.05) is 25.0 Å². The SMILES string of the molecule is O=C(O)c1ccc2c(-c3cnn(C4CCOCC4)c3)cccc2c1. The molecule has 1 aromatic heterocycles. The van der Waals surface area contributed by atoms with Crippen LogP contribution in [0.3, 0.4) is 0 Å². The lowest BCUT2D eigenvalue weighted by atomic mass is 9.99. The number of fused-ring (bicyclic) bond motifs is 1.